The highest BCUT2D eigenvalue weighted by atomic mass is 19.1. The minimum Gasteiger partial charge on any atom is -0.491 e. The van der Waals surface area contributed by atoms with Crippen molar-refractivity contribution < 1.29 is 13.9 Å². The van der Waals surface area contributed by atoms with Crippen LogP contribution in [0.15, 0.2) is 48.7 Å². The number of amides is 1. The SMILES string of the molecule is O=C(Cc1ccccn1)N1[C@H]2CC[C@@H](C2)[C@@H]1COc1ccc(F)cc1. The first kappa shape index (κ1) is 16.1. The van der Waals surface area contributed by atoms with Crippen LogP contribution in [0, 0.1) is 11.7 Å². The van der Waals surface area contributed by atoms with Crippen molar-refractivity contribution in [1.82, 2.24) is 9.88 Å². The van der Waals surface area contributed by atoms with Gasteiger partial charge in [-0.1, -0.05) is 6.07 Å². The first-order valence-electron chi connectivity index (χ1n) is 8.80. The Kier molecular flexibility index (Phi) is 4.38. The first-order valence-corrected chi connectivity index (χ1v) is 8.80. The van der Waals surface area contributed by atoms with E-state index in [4.69, 9.17) is 4.74 Å². The average molecular weight is 340 g/mol. The minimum atomic E-state index is -0.278. The topological polar surface area (TPSA) is 42.4 Å². The van der Waals surface area contributed by atoms with Crippen LogP contribution in [0.1, 0.15) is 25.0 Å². The highest BCUT2D eigenvalue weighted by Gasteiger charge is 2.48. The van der Waals surface area contributed by atoms with E-state index < -0.39 is 0 Å². The predicted octanol–water partition coefficient (Wildman–Crippen LogP) is 3.22. The fourth-order valence-corrected chi connectivity index (χ4v) is 4.16. The van der Waals surface area contributed by atoms with Crippen LogP contribution in [0.3, 0.4) is 0 Å². The van der Waals surface area contributed by atoms with Crippen molar-refractivity contribution >= 4 is 5.91 Å². The molecule has 2 aromatic rings. The summed E-state index contributed by atoms with van der Waals surface area (Å²) in [5.74, 6) is 0.984. The zero-order valence-corrected chi connectivity index (χ0v) is 14.0. The van der Waals surface area contributed by atoms with Crippen molar-refractivity contribution in [3.63, 3.8) is 0 Å². The molecule has 2 bridgehead atoms. The van der Waals surface area contributed by atoms with Crippen molar-refractivity contribution in [3.8, 4) is 5.75 Å². The van der Waals surface area contributed by atoms with Gasteiger partial charge in [-0.15, -0.1) is 0 Å². The molecule has 1 saturated heterocycles. The lowest BCUT2D eigenvalue weighted by Gasteiger charge is -2.35. The number of piperidine rings is 1. The Morgan fingerprint density at radius 2 is 2.04 bits per heavy atom. The number of nitrogens with zero attached hydrogens (tertiary/aromatic N) is 2. The van der Waals surface area contributed by atoms with Gasteiger partial charge in [-0.05, 0) is 61.6 Å². The average Bonchev–Trinajstić information content (AvgIpc) is 3.23. The number of carbonyl (C=O) groups excluding carboxylic acids is 1. The lowest BCUT2D eigenvalue weighted by Crippen LogP contribution is -2.48. The minimum absolute atomic E-state index is 0.0972. The lowest BCUT2D eigenvalue weighted by molar-refractivity contribution is -0.135. The lowest BCUT2D eigenvalue weighted by atomic mass is 9.99. The summed E-state index contributed by atoms with van der Waals surface area (Å²) in [6.45, 7) is 0.459. The second-order valence-electron chi connectivity index (χ2n) is 6.86. The quantitative estimate of drug-likeness (QED) is 0.839. The van der Waals surface area contributed by atoms with Crippen molar-refractivity contribution in [3.05, 3.63) is 60.2 Å². The molecule has 4 nitrogen and oxygen atoms in total. The van der Waals surface area contributed by atoms with Gasteiger partial charge < -0.3 is 9.64 Å². The maximum atomic E-state index is 13.0. The fourth-order valence-electron chi connectivity index (χ4n) is 4.16. The second-order valence-corrected chi connectivity index (χ2v) is 6.86. The molecule has 4 rings (SSSR count). The van der Waals surface area contributed by atoms with Gasteiger partial charge in [0, 0.05) is 17.9 Å². The second kappa shape index (κ2) is 6.82. The molecule has 5 heteroatoms. The molecule has 1 amide bonds. The third-order valence-corrected chi connectivity index (χ3v) is 5.32. The largest absolute Gasteiger partial charge is 0.491 e. The van der Waals surface area contributed by atoms with Crippen LogP contribution in [-0.4, -0.2) is 34.5 Å². The molecule has 0 unspecified atom stereocenters. The van der Waals surface area contributed by atoms with Gasteiger partial charge in [0.1, 0.15) is 18.2 Å². The van der Waals surface area contributed by atoms with Crippen LogP contribution >= 0.6 is 0 Å². The molecular weight excluding hydrogens is 319 g/mol. The summed E-state index contributed by atoms with van der Waals surface area (Å²) < 4.78 is 18.9. The number of hydrogen-bond acceptors (Lipinski definition) is 3. The highest BCUT2D eigenvalue weighted by Crippen LogP contribution is 2.42. The zero-order valence-electron chi connectivity index (χ0n) is 14.0. The van der Waals surface area contributed by atoms with E-state index in [-0.39, 0.29) is 17.8 Å². The molecular formula is C20H21FN2O2. The molecule has 25 heavy (non-hydrogen) atoms. The molecule has 1 aliphatic carbocycles. The van der Waals surface area contributed by atoms with Crippen LogP contribution in [0.4, 0.5) is 4.39 Å². The van der Waals surface area contributed by atoms with Gasteiger partial charge in [-0.2, -0.15) is 0 Å². The van der Waals surface area contributed by atoms with Crippen molar-refractivity contribution in [1.29, 1.82) is 0 Å². The number of aromatic nitrogens is 1. The first-order chi connectivity index (χ1) is 12.2. The number of carbonyl (C=O) groups is 1. The molecule has 2 heterocycles. The van der Waals surface area contributed by atoms with E-state index in [1.165, 1.54) is 12.1 Å². The van der Waals surface area contributed by atoms with E-state index in [9.17, 15) is 9.18 Å². The summed E-state index contributed by atoms with van der Waals surface area (Å²) in [5, 5.41) is 0. The van der Waals surface area contributed by atoms with E-state index >= 15 is 0 Å². The molecule has 0 radical (unpaired) electrons. The maximum absolute atomic E-state index is 13.0. The number of likely N-dealkylation sites (tertiary alicyclic amines) is 1. The summed E-state index contributed by atoms with van der Waals surface area (Å²) in [7, 11) is 0. The molecule has 1 aromatic carbocycles. The summed E-state index contributed by atoms with van der Waals surface area (Å²) in [4.78, 5) is 19.1. The number of fused-ring (bicyclic) bond motifs is 2. The molecule has 1 saturated carbocycles. The van der Waals surface area contributed by atoms with Crippen molar-refractivity contribution in [2.75, 3.05) is 6.61 Å². The van der Waals surface area contributed by atoms with Gasteiger partial charge in [-0.25, -0.2) is 4.39 Å². The maximum Gasteiger partial charge on any atom is 0.229 e. The van der Waals surface area contributed by atoms with E-state index in [0.29, 0.717) is 30.7 Å². The van der Waals surface area contributed by atoms with Gasteiger partial charge >= 0.3 is 0 Å². The predicted molar refractivity (Wildman–Crippen MR) is 91.6 cm³/mol. The number of pyridine rings is 1. The van der Waals surface area contributed by atoms with Crippen LogP contribution in [-0.2, 0) is 11.2 Å². The zero-order chi connectivity index (χ0) is 17.2. The van der Waals surface area contributed by atoms with Crippen LogP contribution in [0.5, 0.6) is 5.75 Å². The monoisotopic (exact) mass is 340 g/mol. The smallest absolute Gasteiger partial charge is 0.229 e. The van der Waals surface area contributed by atoms with Crippen molar-refractivity contribution in [2.45, 2.75) is 37.8 Å². The Balaban J connectivity index is 1.44. The van der Waals surface area contributed by atoms with E-state index in [0.717, 1.165) is 25.0 Å². The molecule has 2 aliphatic rings. The Hall–Kier alpha value is -2.43. The van der Waals surface area contributed by atoms with Crippen LogP contribution in [0.2, 0.25) is 0 Å². The number of rotatable bonds is 5. The number of halogens is 1. The number of benzene rings is 1. The van der Waals surface area contributed by atoms with Crippen molar-refractivity contribution in [2.24, 2.45) is 5.92 Å². The van der Waals surface area contributed by atoms with Gasteiger partial charge in [0.15, 0.2) is 0 Å². The number of hydrogen-bond donors (Lipinski definition) is 0. The van der Waals surface area contributed by atoms with Crippen LogP contribution in [0.25, 0.3) is 0 Å². The van der Waals surface area contributed by atoms with Gasteiger partial charge in [0.25, 0.3) is 0 Å². The fraction of sp³-hybridized carbons (Fsp3) is 0.400. The Morgan fingerprint density at radius 3 is 2.80 bits per heavy atom. The molecule has 3 atom stereocenters. The molecule has 0 N–H and O–H groups in total. The van der Waals surface area contributed by atoms with Gasteiger partial charge in [0.05, 0.1) is 12.5 Å². The summed E-state index contributed by atoms with van der Waals surface area (Å²) in [6.07, 6.45) is 5.33. The molecule has 1 aromatic heterocycles. The molecule has 130 valence electrons. The third-order valence-electron chi connectivity index (χ3n) is 5.32. The highest BCUT2D eigenvalue weighted by molar-refractivity contribution is 5.79. The van der Waals surface area contributed by atoms with E-state index in [1.54, 1.807) is 18.3 Å². The van der Waals surface area contributed by atoms with E-state index in [2.05, 4.69) is 4.98 Å². The molecule has 1 aliphatic heterocycles. The summed E-state index contributed by atoms with van der Waals surface area (Å²) >= 11 is 0. The Labute approximate surface area is 146 Å². The van der Waals surface area contributed by atoms with Crippen LogP contribution < -0.4 is 4.74 Å². The third kappa shape index (κ3) is 3.36. The molecule has 2 fully saturated rings. The van der Waals surface area contributed by atoms with E-state index in [1.807, 2.05) is 23.1 Å². The summed E-state index contributed by atoms with van der Waals surface area (Å²) in [6, 6.07) is 12.1. The molecule has 0 spiro atoms. The normalized spacial score (nSPS) is 24.5. The van der Waals surface area contributed by atoms with Gasteiger partial charge in [-0.3, -0.25) is 9.78 Å². The number of ether oxygens (including phenoxy) is 1. The Morgan fingerprint density at radius 1 is 1.20 bits per heavy atom. The van der Waals surface area contributed by atoms with Gasteiger partial charge in [0.2, 0.25) is 5.91 Å². The summed E-state index contributed by atoms with van der Waals surface area (Å²) in [5.41, 5.74) is 0.800. The standard InChI is InChI=1S/C20H21FN2O2/c21-15-5-8-18(9-6-15)25-13-19-14-4-7-17(11-14)23(19)20(24)12-16-3-1-2-10-22-16/h1-3,5-6,8-10,14,17,19H,4,7,11-13H2/t14-,17-,19-/m0/s1. The Bertz CT molecular complexity index is 735.